The van der Waals surface area contributed by atoms with Crippen LogP contribution in [-0.2, 0) is 11.3 Å². The van der Waals surface area contributed by atoms with Crippen molar-refractivity contribution in [3.63, 3.8) is 0 Å². The lowest BCUT2D eigenvalue weighted by atomic mass is 10.1. The van der Waals surface area contributed by atoms with Gasteiger partial charge in [0, 0.05) is 29.0 Å². The lowest BCUT2D eigenvalue weighted by molar-refractivity contribution is 0.0168. The van der Waals surface area contributed by atoms with Crippen molar-refractivity contribution in [2.45, 2.75) is 31.9 Å². The van der Waals surface area contributed by atoms with E-state index in [1.165, 1.54) is 27.9 Å². The molecule has 0 aromatic carbocycles. The third kappa shape index (κ3) is 3.81. The Bertz CT molecular complexity index is 317. The summed E-state index contributed by atoms with van der Waals surface area (Å²) in [6.07, 6.45) is 4.15. The second-order valence-electron chi connectivity index (χ2n) is 3.95. The molecule has 2 rings (SSSR count). The van der Waals surface area contributed by atoms with E-state index in [1.807, 2.05) is 0 Å². The maximum atomic E-state index is 5.67. The molecule has 0 amide bonds. The molecule has 1 aromatic heterocycles. The number of halogens is 2. The van der Waals surface area contributed by atoms with E-state index in [9.17, 15) is 0 Å². The Morgan fingerprint density at radius 1 is 1.44 bits per heavy atom. The van der Waals surface area contributed by atoms with Gasteiger partial charge in [0.2, 0.25) is 0 Å². The van der Waals surface area contributed by atoms with Gasteiger partial charge in [0.25, 0.3) is 0 Å². The predicted octanol–water partition coefficient (Wildman–Crippen LogP) is 3.93. The molecule has 1 N–H and O–H groups in total. The van der Waals surface area contributed by atoms with Gasteiger partial charge in [-0.2, -0.15) is 0 Å². The molecular formula is C11H15Br2NOS. The lowest BCUT2D eigenvalue weighted by Gasteiger charge is -2.22. The molecule has 1 unspecified atom stereocenters. The first-order valence-corrected chi connectivity index (χ1v) is 7.92. The molecule has 5 heteroatoms. The van der Waals surface area contributed by atoms with Crippen molar-refractivity contribution in [2.24, 2.45) is 0 Å². The van der Waals surface area contributed by atoms with E-state index < -0.39 is 0 Å². The maximum absolute atomic E-state index is 5.67. The Hall–Kier alpha value is 0.580. The quantitative estimate of drug-likeness (QED) is 0.869. The minimum Gasteiger partial charge on any atom is -0.377 e. The van der Waals surface area contributed by atoms with Crippen LogP contribution in [0.3, 0.4) is 0 Å². The molecule has 0 bridgehead atoms. The van der Waals surface area contributed by atoms with Gasteiger partial charge < -0.3 is 10.1 Å². The second-order valence-corrected chi connectivity index (χ2v) is 7.26. The largest absolute Gasteiger partial charge is 0.377 e. The molecule has 90 valence electrons. The van der Waals surface area contributed by atoms with Crippen LogP contribution in [0.2, 0.25) is 0 Å². The molecule has 1 atom stereocenters. The topological polar surface area (TPSA) is 21.3 Å². The molecule has 2 heterocycles. The van der Waals surface area contributed by atoms with Crippen molar-refractivity contribution in [1.82, 2.24) is 5.32 Å². The molecule has 2 nitrogen and oxygen atoms in total. The molecule has 0 spiro atoms. The van der Waals surface area contributed by atoms with Crippen molar-refractivity contribution >= 4 is 43.2 Å². The number of nitrogens with one attached hydrogen (secondary N) is 1. The zero-order valence-corrected chi connectivity index (χ0v) is 13.0. The summed E-state index contributed by atoms with van der Waals surface area (Å²) in [7, 11) is 0. The number of ether oxygens (including phenoxy) is 1. The molecular weight excluding hydrogens is 354 g/mol. The van der Waals surface area contributed by atoms with Crippen molar-refractivity contribution < 1.29 is 4.74 Å². The molecule has 0 radical (unpaired) electrons. The third-order valence-corrected chi connectivity index (χ3v) is 5.90. The van der Waals surface area contributed by atoms with E-state index >= 15 is 0 Å². The highest BCUT2D eigenvalue weighted by atomic mass is 79.9. The fraction of sp³-hybridized carbons (Fsp3) is 0.636. The summed E-state index contributed by atoms with van der Waals surface area (Å²) in [6, 6.07) is 2.16. The zero-order valence-electron chi connectivity index (χ0n) is 8.97. The average Bonchev–Trinajstić information content (AvgIpc) is 2.60. The zero-order chi connectivity index (χ0) is 11.4. The first-order valence-electron chi connectivity index (χ1n) is 5.52. The van der Waals surface area contributed by atoms with E-state index in [4.69, 9.17) is 4.74 Å². The Morgan fingerprint density at radius 3 is 2.94 bits per heavy atom. The molecule has 1 aliphatic heterocycles. The van der Waals surface area contributed by atoms with E-state index in [2.05, 4.69) is 43.2 Å². The number of hydrogen-bond donors (Lipinski definition) is 1. The van der Waals surface area contributed by atoms with Crippen LogP contribution in [0, 0.1) is 0 Å². The second kappa shape index (κ2) is 6.50. The van der Waals surface area contributed by atoms with Gasteiger partial charge in [0.05, 0.1) is 9.89 Å². The van der Waals surface area contributed by atoms with Gasteiger partial charge in [-0.25, -0.2) is 0 Å². The van der Waals surface area contributed by atoms with E-state index in [0.29, 0.717) is 6.10 Å². The Labute approximate surface area is 117 Å². The van der Waals surface area contributed by atoms with Crippen LogP contribution in [-0.4, -0.2) is 19.3 Å². The first kappa shape index (κ1) is 13.0. The Morgan fingerprint density at radius 2 is 2.31 bits per heavy atom. The highest BCUT2D eigenvalue weighted by Crippen LogP contribution is 2.32. The van der Waals surface area contributed by atoms with Gasteiger partial charge in [-0.1, -0.05) is 0 Å². The maximum Gasteiger partial charge on any atom is 0.0843 e. The highest BCUT2D eigenvalue weighted by molar-refractivity contribution is 9.13. The van der Waals surface area contributed by atoms with Crippen LogP contribution in [0.15, 0.2) is 14.3 Å². The first-order chi connectivity index (χ1) is 7.75. The van der Waals surface area contributed by atoms with Gasteiger partial charge in [0.15, 0.2) is 0 Å². The minimum atomic E-state index is 0.417. The van der Waals surface area contributed by atoms with Gasteiger partial charge in [-0.05, 0) is 57.2 Å². The van der Waals surface area contributed by atoms with E-state index in [0.717, 1.165) is 24.2 Å². The fourth-order valence-electron chi connectivity index (χ4n) is 1.80. The highest BCUT2D eigenvalue weighted by Gasteiger charge is 2.13. The van der Waals surface area contributed by atoms with E-state index in [1.54, 1.807) is 11.3 Å². The summed E-state index contributed by atoms with van der Waals surface area (Å²) in [5.74, 6) is 0. The van der Waals surface area contributed by atoms with Crippen LogP contribution in [0.25, 0.3) is 0 Å². The Kier molecular flexibility index (Phi) is 5.29. The number of rotatable bonds is 4. The SMILES string of the molecule is Brc1cc(CNCC2CCCCO2)sc1Br. The molecule has 1 aliphatic rings. The predicted molar refractivity (Wildman–Crippen MR) is 75.0 cm³/mol. The van der Waals surface area contributed by atoms with Crippen LogP contribution in [0.4, 0.5) is 0 Å². The monoisotopic (exact) mass is 367 g/mol. The standard InChI is InChI=1S/C11H15Br2NOS/c12-10-5-9(16-11(10)13)7-14-6-8-3-1-2-4-15-8/h5,8,14H,1-4,6-7H2. The van der Waals surface area contributed by atoms with Crippen LogP contribution < -0.4 is 5.32 Å². The molecule has 0 aliphatic carbocycles. The van der Waals surface area contributed by atoms with Gasteiger partial charge in [-0.15, -0.1) is 11.3 Å². The van der Waals surface area contributed by atoms with Gasteiger partial charge in [-0.3, -0.25) is 0 Å². The summed E-state index contributed by atoms with van der Waals surface area (Å²) in [5, 5.41) is 3.46. The molecule has 1 saturated heterocycles. The molecule has 1 aromatic rings. The van der Waals surface area contributed by atoms with Crippen molar-refractivity contribution in [1.29, 1.82) is 0 Å². The summed E-state index contributed by atoms with van der Waals surface area (Å²) in [6.45, 7) is 2.82. The summed E-state index contributed by atoms with van der Waals surface area (Å²) in [4.78, 5) is 1.34. The Balaban J connectivity index is 1.71. The molecule has 16 heavy (non-hydrogen) atoms. The van der Waals surface area contributed by atoms with Crippen molar-refractivity contribution in [3.05, 3.63) is 19.2 Å². The van der Waals surface area contributed by atoms with Crippen LogP contribution >= 0.6 is 43.2 Å². The lowest BCUT2D eigenvalue weighted by Crippen LogP contribution is -2.31. The van der Waals surface area contributed by atoms with Crippen molar-refractivity contribution in [3.8, 4) is 0 Å². The minimum absolute atomic E-state index is 0.417. The van der Waals surface area contributed by atoms with Crippen LogP contribution in [0.5, 0.6) is 0 Å². The molecule has 0 saturated carbocycles. The number of hydrogen-bond acceptors (Lipinski definition) is 3. The summed E-state index contributed by atoms with van der Waals surface area (Å²) >= 11 is 8.77. The van der Waals surface area contributed by atoms with E-state index in [-0.39, 0.29) is 0 Å². The van der Waals surface area contributed by atoms with Crippen LogP contribution in [0.1, 0.15) is 24.1 Å². The number of thiophene rings is 1. The smallest absolute Gasteiger partial charge is 0.0843 e. The van der Waals surface area contributed by atoms with Gasteiger partial charge >= 0.3 is 0 Å². The average molecular weight is 369 g/mol. The molecule has 1 fully saturated rings. The summed E-state index contributed by atoms with van der Waals surface area (Å²) in [5.41, 5.74) is 0. The fourth-order valence-corrected chi connectivity index (χ4v) is 3.95. The van der Waals surface area contributed by atoms with Crippen molar-refractivity contribution in [2.75, 3.05) is 13.2 Å². The normalized spacial score (nSPS) is 21.2. The third-order valence-electron chi connectivity index (χ3n) is 2.64. The van der Waals surface area contributed by atoms with Gasteiger partial charge in [0.1, 0.15) is 0 Å². The summed E-state index contributed by atoms with van der Waals surface area (Å²) < 4.78 is 7.97.